The summed E-state index contributed by atoms with van der Waals surface area (Å²) < 4.78 is 0. The molecule has 0 saturated carbocycles. The lowest BCUT2D eigenvalue weighted by Crippen LogP contribution is -2.28. The Kier molecular flexibility index (Phi) is 7.46. The largest absolute Gasteiger partial charge is 0.481 e. The minimum atomic E-state index is -0.786. The quantitative estimate of drug-likeness (QED) is 0.733. The van der Waals surface area contributed by atoms with Gasteiger partial charge in [0.25, 0.3) is 0 Å². The van der Waals surface area contributed by atoms with Crippen LogP contribution in [0.5, 0.6) is 0 Å². The van der Waals surface area contributed by atoms with Gasteiger partial charge in [-0.3, -0.25) is 9.59 Å². The molecule has 0 aromatic heterocycles. The predicted molar refractivity (Wildman–Crippen MR) is 83.4 cm³/mol. The van der Waals surface area contributed by atoms with Crippen LogP contribution >= 0.6 is 0 Å². The average Bonchev–Trinajstić information content (AvgIpc) is 2.42. The first kappa shape index (κ1) is 17.2. The summed E-state index contributed by atoms with van der Waals surface area (Å²) in [7, 11) is 0. The maximum atomic E-state index is 11.8. The SMILES string of the molecule is CCN(CCCC(=O)Nc1cccc(C)c1)CCC(=O)O. The molecule has 5 heteroatoms. The molecule has 1 aromatic carbocycles. The van der Waals surface area contributed by atoms with Crippen molar-refractivity contribution in [2.24, 2.45) is 0 Å². The summed E-state index contributed by atoms with van der Waals surface area (Å²) in [5.41, 5.74) is 1.93. The van der Waals surface area contributed by atoms with Gasteiger partial charge in [-0.05, 0) is 44.1 Å². The number of rotatable bonds is 9. The van der Waals surface area contributed by atoms with Crippen LogP contribution in [0.3, 0.4) is 0 Å². The third-order valence-electron chi connectivity index (χ3n) is 3.27. The Balaban J connectivity index is 2.27. The van der Waals surface area contributed by atoms with Crippen molar-refractivity contribution in [1.82, 2.24) is 4.90 Å². The molecule has 0 aliphatic heterocycles. The fourth-order valence-corrected chi connectivity index (χ4v) is 2.09. The van der Waals surface area contributed by atoms with E-state index in [1.807, 2.05) is 43.0 Å². The first-order valence-electron chi connectivity index (χ1n) is 7.32. The Bertz CT molecular complexity index is 474. The first-order valence-corrected chi connectivity index (χ1v) is 7.32. The minimum absolute atomic E-state index is 0.00473. The molecule has 0 bridgehead atoms. The van der Waals surface area contributed by atoms with E-state index in [0.717, 1.165) is 30.8 Å². The molecule has 0 spiro atoms. The van der Waals surface area contributed by atoms with Crippen LogP contribution in [0.4, 0.5) is 5.69 Å². The topological polar surface area (TPSA) is 69.6 Å². The van der Waals surface area contributed by atoms with Gasteiger partial charge in [0, 0.05) is 18.7 Å². The van der Waals surface area contributed by atoms with Crippen molar-refractivity contribution in [2.75, 3.05) is 25.0 Å². The normalized spacial score (nSPS) is 10.6. The number of carboxylic acids is 1. The lowest BCUT2D eigenvalue weighted by molar-refractivity contribution is -0.137. The maximum absolute atomic E-state index is 11.8. The van der Waals surface area contributed by atoms with E-state index >= 15 is 0 Å². The second-order valence-electron chi connectivity index (χ2n) is 5.10. The summed E-state index contributed by atoms with van der Waals surface area (Å²) in [5, 5.41) is 11.5. The van der Waals surface area contributed by atoms with Crippen LogP contribution in [0.15, 0.2) is 24.3 Å². The lowest BCUT2D eigenvalue weighted by atomic mass is 10.2. The zero-order valence-corrected chi connectivity index (χ0v) is 12.8. The van der Waals surface area contributed by atoms with E-state index in [2.05, 4.69) is 5.32 Å². The lowest BCUT2D eigenvalue weighted by Gasteiger charge is -2.19. The molecule has 1 rings (SSSR count). The van der Waals surface area contributed by atoms with Crippen LogP contribution < -0.4 is 5.32 Å². The maximum Gasteiger partial charge on any atom is 0.304 e. The Morgan fingerprint density at radius 2 is 2.00 bits per heavy atom. The standard InChI is InChI=1S/C16H24N2O3/c1-3-18(11-9-16(20)21)10-5-8-15(19)17-14-7-4-6-13(2)12-14/h4,6-7,12H,3,5,8-11H2,1-2H3,(H,17,19)(H,20,21). The van der Waals surface area contributed by atoms with Gasteiger partial charge in [-0.15, -0.1) is 0 Å². The first-order chi connectivity index (χ1) is 10.0. The van der Waals surface area contributed by atoms with E-state index in [4.69, 9.17) is 5.11 Å². The van der Waals surface area contributed by atoms with E-state index in [1.54, 1.807) is 0 Å². The van der Waals surface area contributed by atoms with Crippen LogP contribution in [-0.4, -0.2) is 41.5 Å². The summed E-state index contributed by atoms with van der Waals surface area (Å²) in [6.45, 7) is 6.05. The van der Waals surface area contributed by atoms with E-state index in [1.165, 1.54) is 0 Å². The highest BCUT2D eigenvalue weighted by atomic mass is 16.4. The molecule has 0 aliphatic carbocycles. The van der Waals surface area contributed by atoms with E-state index < -0.39 is 5.97 Å². The minimum Gasteiger partial charge on any atom is -0.481 e. The van der Waals surface area contributed by atoms with Crippen molar-refractivity contribution in [3.8, 4) is 0 Å². The summed E-state index contributed by atoms with van der Waals surface area (Å²) in [6.07, 6.45) is 1.31. The Labute approximate surface area is 126 Å². The highest BCUT2D eigenvalue weighted by Gasteiger charge is 2.07. The Morgan fingerprint density at radius 3 is 2.62 bits per heavy atom. The third-order valence-corrected chi connectivity index (χ3v) is 3.27. The number of benzene rings is 1. The molecule has 21 heavy (non-hydrogen) atoms. The van der Waals surface area contributed by atoms with Crippen LogP contribution in [0, 0.1) is 6.92 Å². The molecular weight excluding hydrogens is 268 g/mol. The Morgan fingerprint density at radius 1 is 1.24 bits per heavy atom. The molecule has 1 aromatic rings. The summed E-state index contributed by atoms with van der Waals surface area (Å²) in [6, 6.07) is 7.70. The molecule has 0 aliphatic rings. The number of anilines is 1. The molecule has 0 saturated heterocycles. The number of aliphatic carboxylic acids is 1. The van der Waals surface area contributed by atoms with Crippen molar-refractivity contribution in [3.63, 3.8) is 0 Å². The molecule has 0 radical (unpaired) electrons. The van der Waals surface area contributed by atoms with Gasteiger partial charge in [-0.2, -0.15) is 0 Å². The van der Waals surface area contributed by atoms with Gasteiger partial charge in [0.1, 0.15) is 0 Å². The number of hydrogen-bond acceptors (Lipinski definition) is 3. The Hall–Kier alpha value is -1.88. The molecule has 2 N–H and O–H groups in total. The molecule has 0 heterocycles. The van der Waals surface area contributed by atoms with Crippen LogP contribution in [0.2, 0.25) is 0 Å². The number of carbonyl (C=O) groups excluding carboxylic acids is 1. The third kappa shape index (κ3) is 7.46. The van der Waals surface area contributed by atoms with Crippen LogP contribution in [0.25, 0.3) is 0 Å². The molecule has 5 nitrogen and oxygen atoms in total. The van der Waals surface area contributed by atoms with E-state index in [9.17, 15) is 9.59 Å². The van der Waals surface area contributed by atoms with Gasteiger partial charge in [0.2, 0.25) is 5.91 Å². The number of hydrogen-bond donors (Lipinski definition) is 2. The molecule has 0 fully saturated rings. The average molecular weight is 292 g/mol. The number of nitrogens with zero attached hydrogens (tertiary/aromatic N) is 1. The summed E-state index contributed by atoms with van der Waals surface area (Å²) in [4.78, 5) is 24.4. The fraction of sp³-hybridized carbons (Fsp3) is 0.500. The van der Waals surface area contributed by atoms with Gasteiger partial charge < -0.3 is 15.3 Å². The second-order valence-corrected chi connectivity index (χ2v) is 5.10. The van der Waals surface area contributed by atoms with Crippen molar-refractivity contribution >= 4 is 17.6 Å². The van der Waals surface area contributed by atoms with Gasteiger partial charge in [0.05, 0.1) is 6.42 Å². The highest BCUT2D eigenvalue weighted by molar-refractivity contribution is 5.90. The summed E-state index contributed by atoms with van der Waals surface area (Å²) in [5.74, 6) is -0.791. The van der Waals surface area contributed by atoms with Crippen LogP contribution in [0.1, 0.15) is 31.7 Å². The van der Waals surface area contributed by atoms with Crippen molar-refractivity contribution in [3.05, 3.63) is 29.8 Å². The van der Waals surface area contributed by atoms with Crippen molar-refractivity contribution in [1.29, 1.82) is 0 Å². The molecule has 0 unspecified atom stereocenters. The second kappa shape index (κ2) is 9.13. The number of carbonyl (C=O) groups is 2. The molecule has 116 valence electrons. The molecule has 0 atom stereocenters. The van der Waals surface area contributed by atoms with Gasteiger partial charge in [0.15, 0.2) is 0 Å². The highest BCUT2D eigenvalue weighted by Crippen LogP contribution is 2.10. The van der Waals surface area contributed by atoms with Gasteiger partial charge in [-0.1, -0.05) is 19.1 Å². The summed E-state index contributed by atoms with van der Waals surface area (Å²) >= 11 is 0. The predicted octanol–water partition coefficient (Wildman–Crippen LogP) is 2.51. The van der Waals surface area contributed by atoms with Crippen LogP contribution in [-0.2, 0) is 9.59 Å². The van der Waals surface area contributed by atoms with Crippen molar-refractivity contribution < 1.29 is 14.7 Å². The molecule has 1 amide bonds. The van der Waals surface area contributed by atoms with Crippen molar-refractivity contribution in [2.45, 2.75) is 33.1 Å². The smallest absolute Gasteiger partial charge is 0.304 e. The van der Waals surface area contributed by atoms with Gasteiger partial charge in [-0.25, -0.2) is 0 Å². The van der Waals surface area contributed by atoms with E-state index in [0.29, 0.717) is 13.0 Å². The fourth-order valence-electron chi connectivity index (χ4n) is 2.09. The zero-order chi connectivity index (χ0) is 15.7. The number of carboxylic acid groups (broad SMARTS) is 1. The number of aryl methyl sites for hydroxylation is 1. The van der Waals surface area contributed by atoms with Gasteiger partial charge >= 0.3 is 5.97 Å². The monoisotopic (exact) mass is 292 g/mol. The number of nitrogens with one attached hydrogen (secondary N) is 1. The zero-order valence-electron chi connectivity index (χ0n) is 12.8. The number of amides is 1. The molecular formula is C16H24N2O3. The van der Waals surface area contributed by atoms with E-state index in [-0.39, 0.29) is 12.3 Å².